The van der Waals surface area contributed by atoms with Gasteiger partial charge in [0.2, 0.25) is 5.91 Å². The fourth-order valence-corrected chi connectivity index (χ4v) is 4.39. The van der Waals surface area contributed by atoms with Gasteiger partial charge in [0.25, 0.3) is 5.91 Å². The Labute approximate surface area is 240 Å². The molecule has 2 atom stereocenters. The SMILES string of the molecule is CC[C@@H](C)NC(=O)[C@H](Cc1ccccc1)N(Cc1ccc(Cl)cc1Cl)C(=O)COc1cc(OC)cc(OC)c1. The van der Waals surface area contributed by atoms with Crippen LogP contribution in [0.25, 0.3) is 0 Å². The minimum absolute atomic E-state index is 0.0626. The van der Waals surface area contributed by atoms with Gasteiger partial charge in [-0.25, -0.2) is 0 Å². The quantitative estimate of drug-likeness (QED) is 0.274. The Bertz CT molecular complexity index is 1230. The number of carbonyl (C=O) groups excluding carboxylic acids is 2. The molecule has 0 unspecified atom stereocenters. The molecular formula is C30H34Cl2N2O5. The molecular weight excluding hydrogens is 539 g/mol. The molecule has 9 heteroatoms. The monoisotopic (exact) mass is 572 g/mol. The summed E-state index contributed by atoms with van der Waals surface area (Å²) in [6, 6.07) is 18.8. The second kappa shape index (κ2) is 14.7. The maximum Gasteiger partial charge on any atom is 0.261 e. The van der Waals surface area contributed by atoms with Crippen LogP contribution >= 0.6 is 23.2 Å². The number of methoxy groups -OCH3 is 2. The van der Waals surface area contributed by atoms with Crippen molar-refractivity contribution >= 4 is 35.0 Å². The molecule has 7 nitrogen and oxygen atoms in total. The summed E-state index contributed by atoms with van der Waals surface area (Å²) in [5, 5.41) is 3.92. The molecule has 208 valence electrons. The zero-order valence-corrected chi connectivity index (χ0v) is 24.1. The van der Waals surface area contributed by atoms with Gasteiger partial charge in [0.15, 0.2) is 6.61 Å². The van der Waals surface area contributed by atoms with E-state index < -0.39 is 6.04 Å². The van der Waals surface area contributed by atoms with Crippen LogP contribution < -0.4 is 19.5 Å². The van der Waals surface area contributed by atoms with E-state index in [-0.39, 0.29) is 31.0 Å². The highest BCUT2D eigenvalue weighted by atomic mass is 35.5. The molecule has 3 rings (SSSR count). The van der Waals surface area contributed by atoms with Crippen LogP contribution in [-0.2, 0) is 22.6 Å². The number of hydrogen-bond acceptors (Lipinski definition) is 5. The van der Waals surface area contributed by atoms with E-state index in [0.29, 0.717) is 39.3 Å². The third kappa shape index (κ3) is 8.80. The highest BCUT2D eigenvalue weighted by molar-refractivity contribution is 6.35. The van der Waals surface area contributed by atoms with Gasteiger partial charge in [0, 0.05) is 47.3 Å². The minimum Gasteiger partial charge on any atom is -0.496 e. The summed E-state index contributed by atoms with van der Waals surface area (Å²) in [7, 11) is 3.07. The summed E-state index contributed by atoms with van der Waals surface area (Å²) in [6.07, 6.45) is 1.06. The summed E-state index contributed by atoms with van der Waals surface area (Å²) in [6.45, 7) is 3.69. The van der Waals surface area contributed by atoms with Crippen molar-refractivity contribution in [3.05, 3.63) is 87.9 Å². The van der Waals surface area contributed by atoms with Crippen molar-refractivity contribution in [1.82, 2.24) is 10.2 Å². The molecule has 3 aromatic rings. The van der Waals surface area contributed by atoms with Crippen molar-refractivity contribution in [2.24, 2.45) is 0 Å². The van der Waals surface area contributed by atoms with E-state index in [1.807, 2.05) is 44.2 Å². The van der Waals surface area contributed by atoms with Crippen molar-refractivity contribution < 1.29 is 23.8 Å². The van der Waals surface area contributed by atoms with Gasteiger partial charge in [0.05, 0.1) is 14.2 Å². The lowest BCUT2D eigenvalue weighted by Gasteiger charge is -2.32. The molecule has 0 aromatic heterocycles. The predicted octanol–water partition coefficient (Wildman–Crippen LogP) is 5.94. The van der Waals surface area contributed by atoms with Crippen LogP contribution in [0.15, 0.2) is 66.7 Å². The van der Waals surface area contributed by atoms with Crippen molar-refractivity contribution in [2.75, 3.05) is 20.8 Å². The minimum atomic E-state index is -0.816. The predicted molar refractivity (Wildman–Crippen MR) is 154 cm³/mol. The van der Waals surface area contributed by atoms with E-state index in [0.717, 1.165) is 12.0 Å². The van der Waals surface area contributed by atoms with E-state index in [2.05, 4.69) is 5.32 Å². The first-order chi connectivity index (χ1) is 18.7. The Kier molecular flexibility index (Phi) is 11.3. The molecule has 1 N–H and O–H groups in total. The van der Waals surface area contributed by atoms with E-state index in [1.165, 1.54) is 19.1 Å². The van der Waals surface area contributed by atoms with Gasteiger partial charge in [-0.15, -0.1) is 0 Å². The summed E-state index contributed by atoms with van der Waals surface area (Å²) in [4.78, 5) is 28.9. The lowest BCUT2D eigenvalue weighted by molar-refractivity contribution is -0.143. The topological polar surface area (TPSA) is 77.1 Å². The first-order valence-electron chi connectivity index (χ1n) is 12.7. The molecule has 0 aliphatic carbocycles. The summed E-state index contributed by atoms with van der Waals surface area (Å²) < 4.78 is 16.5. The number of halogens is 2. The number of benzene rings is 3. The van der Waals surface area contributed by atoms with Gasteiger partial charge in [-0.05, 0) is 36.6 Å². The molecule has 0 spiro atoms. The number of rotatable bonds is 13. The van der Waals surface area contributed by atoms with Crippen LogP contribution in [0.5, 0.6) is 17.2 Å². The highest BCUT2D eigenvalue weighted by Crippen LogP contribution is 2.28. The van der Waals surface area contributed by atoms with Gasteiger partial charge >= 0.3 is 0 Å². The third-order valence-corrected chi connectivity index (χ3v) is 6.90. The first-order valence-corrected chi connectivity index (χ1v) is 13.4. The van der Waals surface area contributed by atoms with Gasteiger partial charge in [0.1, 0.15) is 23.3 Å². The van der Waals surface area contributed by atoms with Crippen LogP contribution in [0.1, 0.15) is 31.4 Å². The average molecular weight is 574 g/mol. The van der Waals surface area contributed by atoms with Crippen LogP contribution in [0.3, 0.4) is 0 Å². The summed E-state index contributed by atoms with van der Waals surface area (Å²) >= 11 is 12.6. The van der Waals surface area contributed by atoms with E-state index in [4.69, 9.17) is 37.4 Å². The van der Waals surface area contributed by atoms with Gasteiger partial charge in [-0.2, -0.15) is 0 Å². The Morgan fingerprint density at radius 1 is 0.923 bits per heavy atom. The molecule has 0 heterocycles. The molecule has 0 radical (unpaired) electrons. The Morgan fingerprint density at radius 3 is 2.15 bits per heavy atom. The number of ether oxygens (including phenoxy) is 3. The number of nitrogens with one attached hydrogen (secondary N) is 1. The van der Waals surface area contributed by atoms with Crippen molar-refractivity contribution in [1.29, 1.82) is 0 Å². The third-order valence-electron chi connectivity index (χ3n) is 6.32. The lowest BCUT2D eigenvalue weighted by Crippen LogP contribution is -2.53. The van der Waals surface area contributed by atoms with Crippen LogP contribution in [-0.4, -0.2) is 49.6 Å². The Hall–Kier alpha value is -3.42. The van der Waals surface area contributed by atoms with Crippen LogP contribution in [0.4, 0.5) is 0 Å². The summed E-state index contributed by atoms with van der Waals surface area (Å²) in [5.41, 5.74) is 1.58. The van der Waals surface area contributed by atoms with Gasteiger partial charge in [-0.1, -0.05) is 66.5 Å². The smallest absolute Gasteiger partial charge is 0.261 e. The molecule has 0 saturated carbocycles. The summed E-state index contributed by atoms with van der Waals surface area (Å²) in [5.74, 6) is 0.804. The fraction of sp³-hybridized carbons (Fsp3) is 0.333. The van der Waals surface area contributed by atoms with Crippen molar-refractivity contribution in [2.45, 2.75) is 45.3 Å². The number of amides is 2. The maximum absolute atomic E-state index is 13.8. The molecule has 3 aromatic carbocycles. The Morgan fingerprint density at radius 2 is 1.56 bits per heavy atom. The van der Waals surface area contributed by atoms with Crippen molar-refractivity contribution in [3.8, 4) is 17.2 Å². The van der Waals surface area contributed by atoms with Crippen LogP contribution in [0.2, 0.25) is 10.0 Å². The van der Waals surface area contributed by atoms with E-state index in [1.54, 1.807) is 36.4 Å². The zero-order chi connectivity index (χ0) is 28.4. The van der Waals surface area contributed by atoms with E-state index >= 15 is 0 Å². The number of hydrogen-bond donors (Lipinski definition) is 1. The Balaban J connectivity index is 1.96. The average Bonchev–Trinajstić information content (AvgIpc) is 2.94. The molecule has 0 aliphatic rings. The highest BCUT2D eigenvalue weighted by Gasteiger charge is 2.31. The molecule has 0 aliphatic heterocycles. The molecule has 39 heavy (non-hydrogen) atoms. The standard InChI is InChI=1S/C30H34Cl2N2O5/c1-5-20(2)33-30(36)28(13-21-9-7-6-8-10-21)34(18-22-11-12-23(31)14-27(22)32)29(35)19-39-26-16-24(37-3)15-25(17-26)38-4/h6-12,14-17,20,28H,5,13,18-19H2,1-4H3,(H,33,36)/t20-,28+/m1/s1. The van der Waals surface area contributed by atoms with E-state index in [9.17, 15) is 9.59 Å². The second-order valence-corrected chi connectivity index (χ2v) is 9.96. The first kappa shape index (κ1) is 30.1. The van der Waals surface area contributed by atoms with Crippen LogP contribution in [0, 0.1) is 0 Å². The lowest BCUT2D eigenvalue weighted by atomic mass is 10.0. The van der Waals surface area contributed by atoms with Crippen molar-refractivity contribution in [3.63, 3.8) is 0 Å². The molecule has 0 saturated heterocycles. The maximum atomic E-state index is 13.8. The zero-order valence-electron chi connectivity index (χ0n) is 22.6. The number of nitrogens with zero attached hydrogens (tertiary/aromatic N) is 1. The fourth-order valence-electron chi connectivity index (χ4n) is 3.92. The normalized spacial score (nSPS) is 12.3. The molecule has 0 fully saturated rings. The second-order valence-electron chi connectivity index (χ2n) is 9.12. The van der Waals surface area contributed by atoms with Gasteiger partial charge in [-0.3, -0.25) is 9.59 Å². The molecule has 0 bridgehead atoms. The number of carbonyl (C=O) groups is 2. The molecule has 2 amide bonds. The van der Waals surface area contributed by atoms with Gasteiger partial charge < -0.3 is 24.4 Å². The largest absolute Gasteiger partial charge is 0.496 e.